The van der Waals surface area contributed by atoms with Gasteiger partial charge in [-0.3, -0.25) is 4.98 Å². The smallest absolute Gasteiger partial charge is 0.244 e. The number of rotatable bonds is 4. The van der Waals surface area contributed by atoms with Gasteiger partial charge < -0.3 is 10.3 Å². The Balaban J connectivity index is 1.80. The second kappa shape index (κ2) is 5.85. The highest BCUT2D eigenvalue weighted by Gasteiger charge is 2.17. The van der Waals surface area contributed by atoms with Crippen LogP contribution in [0.3, 0.4) is 0 Å². The molecule has 3 aromatic rings. The highest BCUT2D eigenvalue weighted by molar-refractivity contribution is 5.57. The Hall–Kier alpha value is -2.53. The Morgan fingerprint density at radius 3 is 2.76 bits per heavy atom. The Morgan fingerprint density at radius 2 is 2.00 bits per heavy atom. The van der Waals surface area contributed by atoms with Crippen LogP contribution < -0.4 is 5.73 Å². The molecule has 0 radical (unpaired) electrons. The first-order chi connectivity index (χ1) is 10.2. The summed E-state index contributed by atoms with van der Waals surface area (Å²) in [7, 11) is 0. The minimum atomic E-state index is -0.314. The number of nitrogens with zero attached hydrogens (tertiary/aromatic N) is 3. The lowest BCUT2D eigenvalue weighted by Gasteiger charge is -2.06. The minimum absolute atomic E-state index is 0.314. The van der Waals surface area contributed by atoms with E-state index in [0.29, 0.717) is 18.1 Å². The minimum Gasteiger partial charge on any atom is -0.337 e. The van der Waals surface area contributed by atoms with Crippen molar-refractivity contribution in [1.82, 2.24) is 15.1 Å². The van der Waals surface area contributed by atoms with Crippen LogP contribution in [0, 0.1) is 6.92 Å². The van der Waals surface area contributed by atoms with Crippen LogP contribution in [0.25, 0.3) is 11.4 Å². The SMILES string of the molecule is Cc1ccncc1-c1noc([C@@H](N)Cc2ccccc2)n1. The van der Waals surface area contributed by atoms with E-state index in [1.807, 2.05) is 43.3 Å². The number of pyridine rings is 1. The van der Waals surface area contributed by atoms with Gasteiger partial charge in [0.05, 0.1) is 6.04 Å². The monoisotopic (exact) mass is 280 g/mol. The summed E-state index contributed by atoms with van der Waals surface area (Å²) in [4.78, 5) is 8.49. The van der Waals surface area contributed by atoms with Crippen molar-refractivity contribution in [2.45, 2.75) is 19.4 Å². The van der Waals surface area contributed by atoms with Gasteiger partial charge in [-0.1, -0.05) is 35.5 Å². The maximum Gasteiger partial charge on any atom is 0.244 e. The molecule has 0 aliphatic rings. The molecule has 2 N–H and O–H groups in total. The average Bonchev–Trinajstić information content (AvgIpc) is 2.98. The fourth-order valence-electron chi connectivity index (χ4n) is 2.15. The first kappa shape index (κ1) is 13.5. The van der Waals surface area contributed by atoms with Gasteiger partial charge >= 0.3 is 0 Å². The molecule has 0 amide bonds. The lowest BCUT2D eigenvalue weighted by Crippen LogP contribution is -2.13. The van der Waals surface area contributed by atoms with Crippen molar-refractivity contribution in [3.63, 3.8) is 0 Å². The zero-order valence-electron chi connectivity index (χ0n) is 11.7. The largest absolute Gasteiger partial charge is 0.337 e. The molecule has 0 saturated carbocycles. The summed E-state index contributed by atoms with van der Waals surface area (Å²) in [5, 5.41) is 4.00. The first-order valence-electron chi connectivity index (χ1n) is 6.78. The van der Waals surface area contributed by atoms with Gasteiger partial charge in [0, 0.05) is 18.0 Å². The molecule has 0 aliphatic carbocycles. The van der Waals surface area contributed by atoms with E-state index in [1.165, 1.54) is 0 Å². The molecule has 0 aliphatic heterocycles. The van der Waals surface area contributed by atoms with E-state index in [-0.39, 0.29) is 6.04 Å². The van der Waals surface area contributed by atoms with Crippen LogP contribution in [0.4, 0.5) is 0 Å². The molecule has 0 unspecified atom stereocenters. The molecule has 2 heterocycles. The number of nitrogens with two attached hydrogens (primary N) is 1. The van der Waals surface area contributed by atoms with Gasteiger partial charge in [-0.05, 0) is 30.5 Å². The van der Waals surface area contributed by atoms with E-state index >= 15 is 0 Å². The molecule has 5 nitrogen and oxygen atoms in total. The Morgan fingerprint density at radius 1 is 1.19 bits per heavy atom. The highest BCUT2D eigenvalue weighted by atomic mass is 16.5. The van der Waals surface area contributed by atoms with Gasteiger partial charge in [0.2, 0.25) is 11.7 Å². The van der Waals surface area contributed by atoms with E-state index in [1.54, 1.807) is 12.4 Å². The molecule has 2 aromatic heterocycles. The van der Waals surface area contributed by atoms with Crippen LogP contribution in [-0.4, -0.2) is 15.1 Å². The van der Waals surface area contributed by atoms with E-state index in [4.69, 9.17) is 10.3 Å². The average molecular weight is 280 g/mol. The lowest BCUT2D eigenvalue weighted by molar-refractivity contribution is 0.354. The number of hydrogen-bond acceptors (Lipinski definition) is 5. The number of aryl methyl sites for hydroxylation is 1. The summed E-state index contributed by atoms with van der Waals surface area (Å²) in [6.45, 7) is 1.98. The van der Waals surface area contributed by atoms with E-state index in [0.717, 1.165) is 16.7 Å². The van der Waals surface area contributed by atoms with Crippen LogP contribution >= 0.6 is 0 Å². The topological polar surface area (TPSA) is 77.8 Å². The third-order valence-corrected chi connectivity index (χ3v) is 3.34. The molecule has 0 bridgehead atoms. The van der Waals surface area contributed by atoms with Gasteiger partial charge in [0.25, 0.3) is 0 Å². The molecule has 5 heteroatoms. The standard InChI is InChI=1S/C16H16N4O/c1-11-7-8-18-10-13(11)15-19-16(21-20-15)14(17)9-12-5-3-2-4-6-12/h2-8,10,14H,9,17H2,1H3/t14-/m0/s1. The second-order valence-electron chi connectivity index (χ2n) is 4.94. The maximum absolute atomic E-state index is 6.14. The summed E-state index contributed by atoms with van der Waals surface area (Å²) in [6.07, 6.45) is 4.13. The Bertz CT molecular complexity index is 724. The highest BCUT2D eigenvalue weighted by Crippen LogP contribution is 2.21. The van der Waals surface area contributed by atoms with Gasteiger partial charge in [0.1, 0.15) is 0 Å². The molecule has 3 rings (SSSR count). The predicted octanol–water partition coefficient (Wildman–Crippen LogP) is 2.68. The molecule has 1 atom stereocenters. The number of hydrogen-bond donors (Lipinski definition) is 1. The van der Waals surface area contributed by atoms with Crippen LogP contribution in [0.1, 0.15) is 23.1 Å². The van der Waals surface area contributed by atoms with Crippen molar-refractivity contribution in [2.24, 2.45) is 5.73 Å². The van der Waals surface area contributed by atoms with Crippen molar-refractivity contribution in [1.29, 1.82) is 0 Å². The molecule has 0 spiro atoms. The fraction of sp³-hybridized carbons (Fsp3) is 0.188. The van der Waals surface area contributed by atoms with Gasteiger partial charge in [0.15, 0.2) is 0 Å². The van der Waals surface area contributed by atoms with E-state index in [2.05, 4.69) is 15.1 Å². The molecule has 106 valence electrons. The normalized spacial score (nSPS) is 12.3. The zero-order chi connectivity index (χ0) is 14.7. The van der Waals surface area contributed by atoms with Gasteiger partial charge in [-0.2, -0.15) is 4.98 Å². The maximum atomic E-state index is 6.14. The molecule has 0 fully saturated rings. The van der Waals surface area contributed by atoms with Gasteiger partial charge in [-0.15, -0.1) is 0 Å². The molecule has 21 heavy (non-hydrogen) atoms. The summed E-state index contributed by atoms with van der Waals surface area (Å²) < 4.78 is 5.29. The van der Waals surface area contributed by atoms with Crippen molar-refractivity contribution >= 4 is 0 Å². The first-order valence-corrected chi connectivity index (χ1v) is 6.78. The predicted molar refractivity (Wildman–Crippen MR) is 79.3 cm³/mol. The summed E-state index contributed by atoms with van der Waals surface area (Å²) >= 11 is 0. The Kier molecular flexibility index (Phi) is 3.75. The zero-order valence-corrected chi connectivity index (χ0v) is 11.7. The van der Waals surface area contributed by atoms with E-state index < -0.39 is 0 Å². The van der Waals surface area contributed by atoms with Gasteiger partial charge in [-0.25, -0.2) is 0 Å². The summed E-state index contributed by atoms with van der Waals surface area (Å²) in [5.41, 5.74) is 9.20. The van der Waals surface area contributed by atoms with E-state index in [9.17, 15) is 0 Å². The molecule has 0 saturated heterocycles. The molecular weight excluding hydrogens is 264 g/mol. The van der Waals surface area contributed by atoms with Crippen molar-refractivity contribution in [3.05, 3.63) is 65.8 Å². The fourth-order valence-corrected chi connectivity index (χ4v) is 2.15. The van der Waals surface area contributed by atoms with Crippen molar-refractivity contribution in [2.75, 3.05) is 0 Å². The third kappa shape index (κ3) is 2.98. The third-order valence-electron chi connectivity index (χ3n) is 3.34. The number of aromatic nitrogens is 3. The van der Waals surface area contributed by atoms with Crippen molar-refractivity contribution in [3.8, 4) is 11.4 Å². The van der Waals surface area contributed by atoms with Crippen LogP contribution in [-0.2, 0) is 6.42 Å². The molecule has 1 aromatic carbocycles. The summed E-state index contributed by atoms with van der Waals surface area (Å²) in [5.74, 6) is 0.969. The van der Waals surface area contributed by atoms with Crippen LogP contribution in [0.5, 0.6) is 0 Å². The quantitative estimate of drug-likeness (QED) is 0.795. The number of benzene rings is 1. The molecular formula is C16H16N4O. The Labute approximate surface area is 122 Å². The van der Waals surface area contributed by atoms with Crippen LogP contribution in [0.2, 0.25) is 0 Å². The summed E-state index contributed by atoms with van der Waals surface area (Å²) in [6, 6.07) is 11.6. The lowest BCUT2D eigenvalue weighted by atomic mass is 10.1. The van der Waals surface area contributed by atoms with Crippen molar-refractivity contribution < 1.29 is 4.52 Å². The van der Waals surface area contributed by atoms with Crippen LogP contribution in [0.15, 0.2) is 53.3 Å². The second-order valence-corrected chi connectivity index (χ2v) is 4.94.